The lowest BCUT2D eigenvalue weighted by Gasteiger charge is -2.01. The maximum Gasteiger partial charge on any atom is 0.281 e. The third-order valence-electron chi connectivity index (χ3n) is 4.56. The van der Waals surface area contributed by atoms with Gasteiger partial charge in [-0.15, -0.1) is 11.3 Å². The molecule has 4 aromatic rings. The third kappa shape index (κ3) is 4.08. The first-order valence-corrected chi connectivity index (χ1v) is 10.1. The monoisotopic (exact) mass is 422 g/mol. The largest absolute Gasteiger partial charge is 0.493 e. The Balaban J connectivity index is 1.55. The average molecular weight is 422 g/mol. The normalized spacial score (nSPS) is 10.8. The molecule has 0 radical (unpaired) electrons. The second kappa shape index (κ2) is 8.46. The van der Waals surface area contributed by atoms with Gasteiger partial charge in [0.05, 0.1) is 24.7 Å². The minimum absolute atomic E-state index is 0.157. The van der Waals surface area contributed by atoms with Crippen LogP contribution in [-0.2, 0) is 6.42 Å². The van der Waals surface area contributed by atoms with Crippen LogP contribution in [0, 0.1) is 12.7 Å². The van der Waals surface area contributed by atoms with E-state index in [2.05, 4.69) is 15.4 Å². The molecule has 30 heavy (non-hydrogen) atoms. The lowest BCUT2D eigenvalue weighted by molar-refractivity contribution is 0.101. The van der Waals surface area contributed by atoms with E-state index >= 15 is 0 Å². The predicted molar refractivity (Wildman–Crippen MR) is 114 cm³/mol. The van der Waals surface area contributed by atoms with Gasteiger partial charge in [-0.05, 0) is 30.7 Å². The number of hydrogen-bond acceptors (Lipinski definition) is 5. The topological polar surface area (TPSA) is 69.0 Å². The second-order valence-corrected chi connectivity index (χ2v) is 7.66. The minimum atomic E-state index is -0.423. The average Bonchev–Trinajstić information content (AvgIpc) is 3.34. The van der Waals surface area contributed by atoms with Crippen molar-refractivity contribution in [2.75, 3.05) is 12.4 Å². The van der Waals surface area contributed by atoms with Crippen LogP contribution in [0.25, 0.3) is 5.69 Å². The molecule has 152 valence electrons. The van der Waals surface area contributed by atoms with Gasteiger partial charge in [0.2, 0.25) is 0 Å². The van der Waals surface area contributed by atoms with Gasteiger partial charge >= 0.3 is 0 Å². The van der Waals surface area contributed by atoms with Crippen LogP contribution in [0.5, 0.6) is 5.75 Å². The number of nitrogens with one attached hydrogen (secondary N) is 1. The highest BCUT2D eigenvalue weighted by Crippen LogP contribution is 2.27. The molecule has 0 bridgehead atoms. The summed E-state index contributed by atoms with van der Waals surface area (Å²) in [5.74, 6) is -0.323. The number of thiazole rings is 1. The molecule has 4 rings (SSSR count). The highest BCUT2D eigenvalue weighted by Gasteiger charge is 2.20. The second-order valence-electron chi connectivity index (χ2n) is 6.58. The Kier molecular flexibility index (Phi) is 5.58. The number of para-hydroxylation sites is 1. The molecule has 0 spiro atoms. The standard InChI is InChI=1S/C22H19FN4O2S/c1-14-19(12-15-8-6-7-11-17(15)23)30-22(24-14)25-21(28)20-18(29-2)13-27(26-20)16-9-4-3-5-10-16/h3-11,13H,12H2,1-2H3,(H,24,25,28). The number of rotatable bonds is 6. The molecule has 0 atom stereocenters. The van der Waals surface area contributed by atoms with Crippen LogP contribution in [0.1, 0.15) is 26.6 Å². The zero-order chi connectivity index (χ0) is 21.1. The first kappa shape index (κ1) is 19.8. The molecule has 8 heteroatoms. The van der Waals surface area contributed by atoms with Crippen LogP contribution in [0.2, 0.25) is 0 Å². The maximum atomic E-state index is 14.0. The van der Waals surface area contributed by atoms with Crippen molar-refractivity contribution < 1.29 is 13.9 Å². The summed E-state index contributed by atoms with van der Waals surface area (Å²) >= 11 is 1.32. The van der Waals surface area contributed by atoms with Gasteiger partial charge in [-0.3, -0.25) is 10.1 Å². The van der Waals surface area contributed by atoms with E-state index in [9.17, 15) is 9.18 Å². The number of halogens is 1. The molecule has 1 N–H and O–H groups in total. The van der Waals surface area contributed by atoms with Gasteiger partial charge in [-0.1, -0.05) is 36.4 Å². The summed E-state index contributed by atoms with van der Waals surface area (Å²) in [6, 6.07) is 16.1. The Labute approximate surface area is 177 Å². The first-order valence-electron chi connectivity index (χ1n) is 9.25. The molecule has 0 aliphatic carbocycles. The number of methoxy groups -OCH3 is 1. The van der Waals surface area contributed by atoms with Crippen molar-refractivity contribution in [1.82, 2.24) is 14.8 Å². The Hall–Kier alpha value is -3.52. The molecule has 2 aromatic heterocycles. The van der Waals surface area contributed by atoms with Crippen LogP contribution in [-0.4, -0.2) is 27.8 Å². The Morgan fingerprint density at radius 3 is 2.63 bits per heavy atom. The Morgan fingerprint density at radius 1 is 1.17 bits per heavy atom. The summed E-state index contributed by atoms with van der Waals surface area (Å²) in [7, 11) is 1.49. The van der Waals surface area contributed by atoms with E-state index in [1.807, 2.05) is 37.3 Å². The summed E-state index contributed by atoms with van der Waals surface area (Å²) < 4.78 is 20.9. The number of ether oxygens (including phenoxy) is 1. The molecule has 6 nitrogen and oxygen atoms in total. The lowest BCUT2D eigenvalue weighted by atomic mass is 10.1. The minimum Gasteiger partial charge on any atom is -0.493 e. The predicted octanol–water partition coefficient (Wildman–Crippen LogP) is 4.63. The molecule has 0 unspecified atom stereocenters. The summed E-state index contributed by atoms with van der Waals surface area (Å²) in [5.41, 5.74) is 2.31. The van der Waals surface area contributed by atoms with E-state index in [0.717, 1.165) is 16.3 Å². The molecular formula is C22H19FN4O2S. The van der Waals surface area contributed by atoms with Gasteiger partial charge < -0.3 is 4.74 Å². The maximum absolute atomic E-state index is 14.0. The summed E-state index contributed by atoms with van der Waals surface area (Å²) in [4.78, 5) is 18.1. The van der Waals surface area contributed by atoms with Crippen molar-refractivity contribution in [1.29, 1.82) is 0 Å². The molecule has 0 aliphatic heterocycles. The number of aryl methyl sites for hydroxylation is 1. The zero-order valence-electron chi connectivity index (χ0n) is 16.4. The van der Waals surface area contributed by atoms with Gasteiger partial charge in [0.25, 0.3) is 5.91 Å². The van der Waals surface area contributed by atoms with Crippen molar-refractivity contribution in [2.45, 2.75) is 13.3 Å². The fourth-order valence-electron chi connectivity index (χ4n) is 2.99. The van der Waals surface area contributed by atoms with Crippen LogP contribution in [0.4, 0.5) is 9.52 Å². The molecule has 0 aliphatic rings. The van der Waals surface area contributed by atoms with Gasteiger partial charge in [0, 0.05) is 11.3 Å². The number of hydrogen-bond donors (Lipinski definition) is 1. The number of amides is 1. The SMILES string of the molecule is COc1cn(-c2ccccc2)nc1C(=O)Nc1nc(C)c(Cc2ccccc2F)s1. The van der Waals surface area contributed by atoms with Gasteiger partial charge in [-0.25, -0.2) is 14.1 Å². The number of carbonyl (C=O) groups is 1. The Bertz CT molecular complexity index is 1190. The summed E-state index contributed by atoms with van der Waals surface area (Å²) in [5, 5.41) is 7.57. The lowest BCUT2D eigenvalue weighted by Crippen LogP contribution is -2.14. The van der Waals surface area contributed by atoms with Crippen molar-refractivity contribution >= 4 is 22.4 Å². The van der Waals surface area contributed by atoms with Crippen LogP contribution >= 0.6 is 11.3 Å². The quantitative estimate of drug-likeness (QED) is 0.492. The van der Waals surface area contributed by atoms with Crippen molar-refractivity contribution in [3.63, 3.8) is 0 Å². The molecule has 0 fully saturated rings. The smallest absolute Gasteiger partial charge is 0.281 e. The van der Waals surface area contributed by atoms with Crippen LogP contribution in [0.15, 0.2) is 60.8 Å². The van der Waals surface area contributed by atoms with Crippen molar-refractivity contribution in [2.24, 2.45) is 0 Å². The molecule has 0 saturated carbocycles. The van der Waals surface area contributed by atoms with E-state index < -0.39 is 5.91 Å². The fourth-order valence-corrected chi connectivity index (χ4v) is 3.98. The van der Waals surface area contributed by atoms with E-state index in [1.165, 1.54) is 24.5 Å². The van der Waals surface area contributed by atoms with Crippen molar-refractivity contribution in [3.05, 3.63) is 88.4 Å². The highest BCUT2D eigenvalue weighted by molar-refractivity contribution is 7.15. The van der Waals surface area contributed by atoms with Crippen molar-refractivity contribution in [3.8, 4) is 11.4 Å². The number of benzene rings is 2. The Morgan fingerprint density at radius 2 is 1.90 bits per heavy atom. The molecule has 1 amide bonds. The van der Waals surface area contributed by atoms with Crippen LogP contribution in [0.3, 0.4) is 0 Å². The summed E-state index contributed by atoms with van der Waals surface area (Å²) in [6.07, 6.45) is 2.07. The number of anilines is 1. The third-order valence-corrected chi connectivity index (χ3v) is 5.63. The first-order chi connectivity index (χ1) is 14.5. The van der Waals surface area contributed by atoms with Crippen LogP contribution < -0.4 is 10.1 Å². The number of carbonyl (C=O) groups excluding carboxylic acids is 1. The van der Waals surface area contributed by atoms with Gasteiger partial charge in [-0.2, -0.15) is 5.10 Å². The number of aromatic nitrogens is 3. The van der Waals surface area contributed by atoms with E-state index in [0.29, 0.717) is 22.9 Å². The van der Waals surface area contributed by atoms with E-state index in [1.54, 1.807) is 29.1 Å². The molecule has 2 heterocycles. The highest BCUT2D eigenvalue weighted by atomic mass is 32.1. The molecule has 2 aromatic carbocycles. The molecule has 0 saturated heterocycles. The zero-order valence-corrected chi connectivity index (χ0v) is 17.2. The fraction of sp³-hybridized carbons (Fsp3) is 0.136. The molecular weight excluding hydrogens is 403 g/mol. The summed E-state index contributed by atoms with van der Waals surface area (Å²) in [6.45, 7) is 1.84. The van der Waals surface area contributed by atoms with E-state index in [-0.39, 0.29) is 11.5 Å². The van der Waals surface area contributed by atoms with E-state index in [4.69, 9.17) is 4.74 Å². The van der Waals surface area contributed by atoms with Gasteiger partial charge in [0.15, 0.2) is 16.6 Å². The number of nitrogens with zero attached hydrogens (tertiary/aromatic N) is 3. The van der Waals surface area contributed by atoms with Gasteiger partial charge in [0.1, 0.15) is 5.82 Å².